The zero-order chi connectivity index (χ0) is 15.0. The number of carbonyl (C=O) groups excluding carboxylic acids is 1. The molecule has 0 heterocycles. The molecule has 1 aliphatic rings. The smallest absolute Gasteiger partial charge is 0.242 e. The SMILES string of the molecule is CCNC(=NCC(=O)NC(C)(C)C)NCCCC1CC1. The van der Waals surface area contributed by atoms with Crippen molar-refractivity contribution in [2.45, 2.75) is 58.9 Å². The summed E-state index contributed by atoms with van der Waals surface area (Å²) in [5.74, 6) is 1.65. The van der Waals surface area contributed by atoms with Crippen molar-refractivity contribution in [3.8, 4) is 0 Å². The van der Waals surface area contributed by atoms with Gasteiger partial charge < -0.3 is 16.0 Å². The molecule has 1 amide bonds. The first-order valence-corrected chi connectivity index (χ1v) is 7.74. The fraction of sp³-hybridized carbons (Fsp3) is 0.867. The first kappa shape index (κ1) is 16.8. The van der Waals surface area contributed by atoms with E-state index in [1.54, 1.807) is 0 Å². The van der Waals surface area contributed by atoms with E-state index in [4.69, 9.17) is 0 Å². The Morgan fingerprint density at radius 1 is 1.25 bits per heavy atom. The van der Waals surface area contributed by atoms with Crippen LogP contribution in [0.15, 0.2) is 4.99 Å². The lowest BCUT2D eigenvalue weighted by molar-refractivity contribution is -0.121. The highest BCUT2D eigenvalue weighted by atomic mass is 16.2. The summed E-state index contributed by atoms with van der Waals surface area (Å²) in [6, 6.07) is 0. The van der Waals surface area contributed by atoms with Crippen molar-refractivity contribution in [2.75, 3.05) is 19.6 Å². The standard InChI is InChI=1S/C15H30N4O/c1-5-16-14(17-10-6-7-12-8-9-12)18-11-13(20)19-15(2,3)4/h12H,5-11H2,1-4H3,(H,19,20)(H2,16,17,18). The average Bonchev–Trinajstić information content (AvgIpc) is 3.13. The molecule has 0 aliphatic heterocycles. The molecule has 5 nitrogen and oxygen atoms in total. The van der Waals surface area contributed by atoms with Crippen LogP contribution in [0.5, 0.6) is 0 Å². The van der Waals surface area contributed by atoms with Crippen LogP contribution in [-0.4, -0.2) is 37.0 Å². The maximum absolute atomic E-state index is 11.7. The quantitative estimate of drug-likeness (QED) is 0.378. The Balaban J connectivity index is 2.26. The second kappa shape index (κ2) is 8.12. The fourth-order valence-electron chi connectivity index (χ4n) is 1.95. The van der Waals surface area contributed by atoms with E-state index in [0.29, 0.717) is 0 Å². The maximum atomic E-state index is 11.7. The Morgan fingerprint density at radius 2 is 1.95 bits per heavy atom. The molecule has 0 unspecified atom stereocenters. The lowest BCUT2D eigenvalue weighted by Crippen LogP contribution is -2.43. The van der Waals surface area contributed by atoms with E-state index in [9.17, 15) is 4.79 Å². The van der Waals surface area contributed by atoms with Gasteiger partial charge in [0.2, 0.25) is 5.91 Å². The molecule has 0 aromatic rings. The number of guanidine groups is 1. The van der Waals surface area contributed by atoms with Crippen molar-refractivity contribution in [2.24, 2.45) is 10.9 Å². The van der Waals surface area contributed by atoms with Gasteiger partial charge in [-0.2, -0.15) is 0 Å². The van der Waals surface area contributed by atoms with Crippen LogP contribution in [0.1, 0.15) is 53.4 Å². The topological polar surface area (TPSA) is 65.5 Å². The Hall–Kier alpha value is -1.26. The highest BCUT2D eigenvalue weighted by molar-refractivity contribution is 5.85. The predicted octanol–water partition coefficient (Wildman–Crippen LogP) is 1.65. The second-order valence-electron chi connectivity index (χ2n) is 6.51. The molecule has 1 rings (SSSR count). The number of hydrogen-bond donors (Lipinski definition) is 3. The zero-order valence-corrected chi connectivity index (χ0v) is 13.4. The van der Waals surface area contributed by atoms with E-state index >= 15 is 0 Å². The highest BCUT2D eigenvalue weighted by Gasteiger charge is 2.20. The minimum atomic E-state index is -0.206. The molecule has 0 saturated heterocycles. The number of nitrogens with zero attached hydrogens (tertiary/aromatic N) is 1. The van der Waals surface area contributed by atoms with Crippen molar-refractivity contribution in [3.63, 3.8) is 0 Å². The van der Waals surface area contributed by atoms with Crippen LogP contribution < -0.4 is 16.0 Å². The summed E-state index contributed by atoms with van der Waals surface area (Å²) in [4.78, 5) is 16.0. The third kappa shape index (κ3) is 8.77. The Bertz CT molecular complexity index is 329. The largest absolute Gasteiger partial charge is 0.357 e. The van der Waals surface area contributed by atoms with E-state index in [1.807, 2.05) is 27.7 Å². The van der Waals surface area contributed by atoms with Gasteiger partial charge in [-0.25, -0.2) is 4.99 Å². The molecule has 5 heteroatoms. The van der Waals surface area contributed by atoms with E-state index in [0.717, 1.165) is 25.0 Å². The summed E-state index contributed by atoms with van der Waals surface area (Å²) in [6.07, 6.45) is 5.28. The molecule has 0 aromatic carbocycles. The maximum Gasteiger partial charge on any atom is 0.242 e. The summed E-state index contributed by atoms with van der Waals surface area (Å²) in [6.45, 7) is 9.81. The van der Waals surface area contributed by atoms with Crippen LogP contribution in [0.25, 0.3) is 0 Å². The molecule has 116 valence electrons. The van der Waals surface area contributed by atoms with Crippen LogP contribution in [-0.2, 0) is 4.79 Å². The van der Waals surface area contributed by atoms with Crippen molar-refractivity contribution < 1.29 is 4.79 Å². The summed E-state index contributed by atoms with van der Waals surface area (Å²) in [7, 11) is 0. The van der Waals surface area contributed by atoms with Gasteiger partial charge >= 0.3 is 0 Å². The molecule has 0 atom stereocenters. The van der Waals surface area contributed by atoms with Crippen molar-refractivity contribution in [1.29, 1.82) is 0 Å². The van der Waals surface area contributed by atoms with E-state index in [2.05, 4.69) is 20.9 Å². The molecule has 3 N–H and O–H groups in total. The summed E-state index contributed by atoms with van der Waals surface area (Å²) in [5, 5.41) is 9.35. The molecule has 1 aliphatic carbocycles. The first-order valence-electron chi connectivity index (χ1n) is 7.74. The molecule has 0 radical (unpaired) electrons. The van der Waals surface area contributed by atoms with Gasteiger partial charge in [-0.3, -0.25) is 4.79 Å². The summed E-state index contributed by atoms with van der Waals surface area (Å²) >= 11 is 0. The Labute approximate surface area is 123 Å². The number of aliphatic imine (C=N–C) groups is 1. The van der Waals surface area contributed by atoms with Crippen LogP contribution in [0, 0.1) is 5.92 Å². The molecule has 0 spiro atoms. The molecular weight excluding hydrogens is 252 g/mol. The Kier molecular flexibility index (Phi) is 6.82. The minimum absolute atomic E-state index is 0.0484. The second-order valence-corrected chi connectivity index (χ2v) is 6.51. The Morgan fingerprint density at radius 3 is 2.50 bits per heavy atom. The van der Waals surface area contributed by atoms with Gasteiger partial charge in [0.25, 0.3) is 0 Å². The van der Waals surface area contributed by atoms with E-state index in [1.165, 1.54) is 25.7 Å². The lowest BCUT2D eigenvalue weighted by Gasteiger charge is -2.20. The molecule has 1 saturated carbocycles. The third-order valence-electron chi connectivity index (χ3n) is 3.02. The first-order chi connectivity index (χ1) is 9.40. The van der Waals surface area contributed by atoms with Crippen molar-refractivity contribution >= 4 is 11.9 Å². The monoisotopic (exact) mass is 282 g/mol. The van der Waals surface area contributed by atoms with Gasteiger partial charge in [0.05, 0.1) is 0 Å². The normalized spacial score (nSPS) is 15.9. The van der Waals surface area contributed by atoms with Gasteiger partial charge in [0, 0.05) is 18.6 Å². The summed E-state index contributed by atoms with van der Waals surface area (Å²) in [5.41, 5.74) is -0.206. The fourth-order valence-corrected chi connectivity index (χ4v) is 1.95. The number of rotatable bonds is 7. The van der Waals surface area contributed by atoms with Crippen LogP contribution >= 0.6 is 0 Å². The number of hydrogen-bond acceptors (Lipinski definition) is 2. The van der Waals surface area contributed by atoms with Gasteiger partial charge in [0.1, 0.15) is 6.54 Å². The number of amides is 1. The predicted molar refractivity (Wildman–Crippen MR) is 83.8 cm³/mol. The number of nitrogens with one attached hydrogen (secondary N) is 3. The van der Waals surface area contributed by atoms with Gasteiger partial charge in [0.15, 0.2) is 5.96 Å². The van der Waals surface area contributed by atoms with Crippen LogP contribution in [0.3, 0.4) is 0 Å². The van der Waals surface area contributed by atoms with E-state index in [-0.39, 0.29) is 18.0 Å². The number of carbonyl (C=O) groups is 1. The van der Waals surface area contributed by atoms with Gasteiger partial charge in [-0.05, 0) is 46.5 Å². The van der Waals surface area contributed by atoms with Gasteiger partial charge in [-0.15, -0.1) is 0 Å². The van der Waals surface area contributed by atoms with Crippen LogP contribution in [0.2, 0.25) is 0 Å². The molecule has 0 aromatic heterocycles. The molecule has 20 heavy (non-hydrogen) atoms. The molecule has 0 bridgehead atoms. The lowest BCUT2D eigenvalue weighted by atomic mass is 10.1. The van der Waals surface area contributed by atoms with Gasteiger partial charge in [-0.1, -0.05) is 12.8 Å². The van der Waals surface area contributed by atoms with Crippen molar-refractivity contribution in [3.05, 3.63) is 0 Å². The van der Waals surface area contributed by atoms with Crippen LogP contribution in [0.4, 0.5) is 0 Å². The van der Waals surface area contributed by atoms with Crippen molar-refractivity contribution in [1.82, 2.24) is 16.0 Å². The minimum Gasteiger partial charge on any atom is -0.357 e. The average molecular weight is 282 g/mol. The highest BCUT2D eigenvalue weighted by Crippen LogP contribution is 2.33. The molecule has 1 fully saturated rings. The third-order valence-corrected chi connectivity index (χ3v) is 3.02. The molecular formula is C15H30N4O. The zero-order valence-electron chi connectivity index (χ0n) is 13.4. The van der Waals surface area contributed by atoms with E-state index < -0.39 is 0 Å². The summed E-state index contributed by atoms with van der Waals surface area (Å²) < 4.78 is 0.